The van der Waals surface area contributed by atoms with Crippen molar-refractivity contribution in [3.8, 4) is 22.3 Å². The molecule has 0 amide bonds. The van der Waals surface area contributed by atoms with Crippen molar-refractivity contribution in [2.75, 3.05) is 0 Å². The van der Waals surface area contributed by atoms with Gasteiger partial charge in [0.05, 0.1) is 16.1 Å². The van der Waals surface area contributed by atoms with E-state index in [2.05, 4.69) is 162 Å². The van der Waals surface area contributed by atoms with Crippen molar-refractivity contribution in [1.82, 2.24) is 0 Å². The first kappa shape index (κ1) is 37.9. The van der Waals surface area contributed by atoms with Gasteiger partial charge in [-0.05, 0) is 23.0 Å². The Kier molecular flexibility index (Phi) is 11.7. The molecule has 3 heteroatoms. The Morgan fingerprint density at radius 1 is 0.565 bits per heavy atom. The molecule has 0 fully saturated rings. The number of benzene rings is 4. The number of fused-ring (bicyclic) bond motifs is 2. The summed E-state index contributed by atoms with van der Waals surface area (Å²) in [6, 6.07) is 42.3. The van der Waals surface area contributed by atoms with Crippen LogP contribution in [0.25, 0.3) is 43.8 Å². The summed E-state index contributed by atoms with van der Waals surface area (Å²) in [5, 5.41) is 8.42. The predicted molar refractivity (Wildman–Crippen MR) is 210 cm³/mol. The maximum absolute atomic E-state index is 2.49. The molecule has 0 radical (unpaired) electrons. The van der Waals surface area contributed by atoms with E-state index in [4.69, 9.17) is 0 Å². The molecule has 6 aromatic carbocycles. The average Bonchev–Trinajstić information content (AvgIpc) is 3.62. The Balaban J connectivity index is 0.00000192. The standard InChI is InChI=1S/C41H46Si2.2CH3.Hf/c1-9-24-41(2,33-25-31-12-10-14-37(39(31)27-33)29-16-20-35(21-17-29)42(3,4)5)34-26-32-13-11-15-38(40(32)28-34)30-18-22-36(23-19-30)43(6,7)8;;;/h10-23,25-28H,9,24H2,1-8H3;2*1H3;/q-2;2*-1;+4. The van der Waals surface area contributed by atoms with Crippen LogP contribution in [0.4, 0.5) is 0 Å². The van der Waals surface area contributed by atoms with E-state index < -0.39 is 16.1 Å². The van der Waals surface area contributed by atoms with Crippen molar-refractivity contribution >= 4 is 48.1 Å². The minimum atomic E-state index is -1.33. The number of rotatable bonds is 8. The molecule has 0 aliphatic rings. The van der Waals surface area contributed by atoms with Crippen LogP contribution in [0, 0.1) is 14.9 Å². The summed E-state index contributed by atoms with van der Waals surface area (Å²) in [7, 11) is -2.65. The Bertz CT molecular complexity index is 1750. The van der Waals surface area contributed by atoms with Crippen LogP contribution in [0.2, 0.25) is 39.3 Å². The molecule has 0 N–H and O–H groups in total. The molecule has 0 heterocycles. The average molecular weight is 804 g/mol. The normalized spacial score (nSPS) is 12.0. The van der Waals surface area contributed by atoms with Gasteiger partial charge in [0.15, 0.2) is 0 Å². The topological polar surface area (TPSA) is 0 Å². The third kappa shape index (κ3) is 7.12. The minimum absolute atomic E-state index is 0. The Morgan fingerprint density at radius 3 is 1.26 bits per heavy atom. The van der Waals surface area contributed by atoms with Crippen LogP contribution in [-0.2, 0) is 31.3 Å². The quantitative estimate of drug-likeness (QED) is 0.106. The molecule has 0 saturated heterocycles. The van der Waals surface area contributed by atoms with E-state index in [0.717, 1.165) is 12.8 Å². The predicted octanol–water partition coefficient (Wildman–Crippen LogP) is 11.9. The zero-order valence-corrected chi connectivity index (χ0v) is 35.4. The Hall–Kier alpha value is -2.60. The third-order valence-electron chi connectivity index (χ3n) is 9.65. The van der Waals surface area contributed by atoms with Gasteiger partial charge in [0.25, 0.3) is 0 Å². The van der Waals surface area contributed by atoms with E-state index in [1.807, 2.05) is 0 Å². The second-order valence-corrected chi connectivity index (χ2v) is 25.0. The molecule has 0 atom stereocenters. The molecule has 6 rings (SSSR count). The van der Waals surface area contributed by atoms with Crippen molar-refractivity contribution < 1.29 is 25.8 Å². The van der Waals surface area contributed by atoms with Gasteiger partial charge >= 0.3 is 25.8 Å². The van der Waals surface area contributed by atoms with Crippen molar-refractivity contribution in [2.24, 2.45) is 0 Å². The third-order valence-corrected chi connectivity index (χ3v) is 13.8. The molecule has 46 heavy (non-hydrogen) atoms. The zero-order chi connectivity index (χ0) is 30.6. The number of hydrogen-bond acceptors (Lipinski definition) is 0. The van der Waals surface area contributed by atoms with Crippen LogP contribution in [0.15, 0.2) is 109 Å². The molecule has 0 aromatic heterocycles. The second kappa shape index (κ2) is 14.3. The van der Waals surface area contributed by atoms with Crippen LogP contribution in [0.5, 0.6) is 0 Å². The van der Waals surface area contributed by atoms with Crippen LogP contribution in [-0.4, -0.2) is 16.1 Å². The van der Waals surface area contributed by atoms with Gasteiger partial charge in [0.2, 0.25) is 0 Å². The second-order valence-electron chi connectivity index (χ2n) is 14.8. The fourth-order valence-electron chi connectivity index (χ4n) is 6.86. The largest absolute Gasteiger partial charge is 4.00 e. The Labute approximate surface area is 300 Å². The van der Waals surface area contributed by atoms with Crippen LogP contribution in [0.3, 0.4) is 0 Å². The van der Waals surface area contributed by atoms with Crippen molar-refractivity contribution in [3.63, 3.8) is 0 Å². The fourth-order valence-corrected chi connectivity index (χ4v) is 9.20. The molecular weight excluding hydrogens is 751 g/mol. The molecule has 0 nitrogen and oxygen atoms in total. The minimum Gasteiger partial charge on any atom is -0.358 e. The summed E-state index contributed by atoms with van der Waals surface area (Å²) in [5.41, 5.74) is 8.07. The molecule has 0 aliphatic carbocycles. The summed E-state index contributed by atoms with van der Waals surface area (Å²) in [6.45, 7) is 19.3. The molecule has 0 saturated carbocycles. The zero-order valence-electron chi connectivity index (χ0n) is 29.8. The maximum Gasteiger partial charge on any atom is 4.00 e. The van der Waals surface area contributed by atoms with Gasteiger partial charge < -0.3 is 14.9 Å². The van der Waals surface area contributed by atoms with Gasteiger partial charge in [-0.15, -0.1) is 69.1 Å². The summed E-state index contributed by atoms with van der Waals surface area (Å²) in [4.78, 5) is 0. The summed E-state index contributed by atoms with van der Waals surface area (Å²) >= 11 is 0. The van der Waals surface area contributed by atoms with E-state index in [0.29, 0.717) is 0 Å². The molecular formula is C43H52HfSi2. The first-order valence-corrected chi connectivity index (χ1v) is 23.0. The van der Waals surface area contributed by atoms with Crippen molar-refractivity contribution in [1.29, 1.82) is 0 Å². The summed E-state index contributed by atoms with van der Waals surface area (Å²) in [6.07, 6.45) is 2.25. The SMILES string of the molecule is CCCC(C)(c1cc2c(-c3ccc([Si](C)(C)C)cc3)cccc2[cH-]1)c1cc2c(-c3ccc([Si](C)(C)C)cc3)cccc2[cH-]1.[CH3-].[CH3-].[Hf+4]. The Morgan fingerprint density at radius 2 is 0.935 bits per heavy atom. The monoisotopic (exact) mass is 804 g/mol. The van der Waals surface area contributed by atoms with Gasteiger partial charge in [-0.3, -0.25) is 0 Å². The summed E-state index contributed by atoms with van der Waals surface area (Å²) < 4.78 is 0. The van der Waals surface area contributed by atoms with Crippen molar-refractivity contribution in [2.45, 2.75) is 71.4 Å². The smallest absolute Gasteiger partial charge is 0.358 e. The molecule has 6 aromatic rings. The van der Waals surface area contributed by atoms with Gasteiger partial charge in [-0.2, -0.15) is 12.1 Å². The fraction of sp³-hybridized carbons (Fsp3) is 0.256. The molecule has 0 bridgehead atoms. The maximum atomic E-state index is 2.49. The first-order valence-electron chi connectivity index (χ1n) is 16.0. The van der Waals surface area contributed by atoms with E-state index in [-0.39, 0.29) is 46.1 Å². The van der Waals surface area contributed by atoms with Crippen LogP contribution >= 0.6 is 0 Å². The molecule has 0 spiro atoms. The van der Waals surface area contributed by atoms with E-state index in [1.165, 1.54) is 65.3 Å². The van der Waals surface area contributed by atoms with E-state index >= 15 is 0 Å². The molecule has 0 aliphatic heterocycles. The van der Waals surface area contributed by atoms with Crippen molar-refractivity contribution in [3.05, 3.63) is 135 Å². The van der Waals surface area contributed by atoms with Crippen LogP contribution in [0.1, 0.15) is 37.8 Å². The van der Waals surface area contributed by atoms with Gasteiger partial charge in [-0.25, -0.2) is 0 Å². The van der Waals surface area contributed by atoms with E-state index in [9.17, 15) is 0 Å². The van der Waals surface area contributed by atoms with Gasteiger partial charge in [0.1, 0.15) is 0 Å². The molecule has 236 valence electrons. The summed E-state index contributed by atoms with van der Waals surface area (Å²) in [5.74, 6) is 0. The van der Waals surface area contributed by atoms with Gasteiger partial charge in [0, 0.05) is 0 Å². The molecule has 0 unspecified atom stereocenters. The number of hydrogen-bond donors (Lipinski definition) is 0. The van der Waals surface area contributed by atoms with Crippen LogP contribution < -0.4 is 10.4 Å². The van der Waals surface area contributed by atoms with Gasteiger partial charge in [-0.1, -0.05) is 142 Å². The first-order chi connectivity index (χ1) is 20.4. The van der Waals surface area contributed by atoms with E-state index in [1.54, 1.807) is 0 Å².